The molecule has 106 valence electrons. The van der Waals surface area contributed by atoms with E-state index in [-0.39, 0.29) is 0 Å². The van der Waals surface area contributed by atoms with E-state index in [4.69, 9.17) is 0 Å². The molecule has 0 spiro atoms. The summed E-state index contributed by atoms with van der Waals surface area (Å²) in [6, 6.07) is -0.928. The molecule has 0 bridgehead atoms. The number of fused-ring (bicyclic) bond motifs is 1. The van der Waals surface area contributed by atoms with Crippen LogP contribution in [-0.4, -0.2) is 62.2 Å². The van der Waals surface area contributed by atoms with Crippen LogP contribution in [0.4, 0.5) is 0 Å². The number of nitrogens with one attached hydrogen (secondary N) is 1. The van der Waals surface area contributed by atoms with Crippen LogP contribution >= 0.6 is 11.8 Å². The summed E-state index contributed by atoms with van der Waals surface area (Å²) < 4.78 is -0.649. The molecule has 2 rings (SSSR count). The summed E-state index contributed by atoms with van der Waals surface area (Å²) in [4.78, 5) is 35.9. The van der Waals surface area contributed by atoms with Gasteiger partial charge >= 0.3 is 5.97 Å². The summed E-state index contributed by atoms with van der Waals surface area (Å²) in [5.41, 5.74) is 0. The van der Waals surface area contributed by atoms with Gasteiger partial charge in [-0.15, -0.1) is 11.8 Å². The number of rotatable bonds is 3. The molecule has 0 aromatic heterocycles. The highest BCUT2D eigenvalue weighted by Gasteiger charge is 2.65. The Morgan fingerprint density at radius 2 is 2.05 bits per heavy atom. The number of amides is 2. The van der Waals surface area contributed by atoms with Crippen molar-refractivity contribution in [3.8, 4) is 0 Å². The van der Waals surface area contributed by atoms with Gasteiger partial charge in [0, 0.05) is 11.8 Å². The fraction of sp³-hybridized carbons (Fsp3) is 0.727. The Bertz CT molecular complexity index is 452. The summed E-state index contributed by atoms with van der Waals surface area (Å²) in [6.07, 6.45) is -1.44. The lowest BCUT2D eigenvalue weighted by atomic mass is 9.87. The Balaban J connectivity index is 2.23. The largest absolute Gasteiger partial charge is 0.480 e. The van der Waals surface area contributed by atoms with E-state index in [1.165, 1.54) is 23.7 Å². The molecule has 19 heavy (non-hydrogen) atoms. The second kappa shape index (κ2) is 4.38. The van der Waals surface area contributed by atoms with Gasteiger partial charge in [-0.25, -0.2) is 4.79 Å². The molecule has 0 saturated carbocycles. The summed E-state index contributed by atoms with van der Waals surface area (Å²) in [5.74, 6) is -3.04. The van der Waals surface area contributed by atoms with Crippen LogP contribution in [0.5, 0.6) is 0 Å². The molecule has 3 N–H and O–H groups in total. The third-order valence-electron chi connectivity index (χ3n) is 3.57. The monoisotopic (exact) mass is 288 g/mol. The predicted octanol–water partition coefficient (Wildman–Crippen LogP) is -1.14. The van der Waals surface area contributed by atoms with Gasteiger partial charge in [0.25, 0.3) is 0 Å². The standard InChI is InChI=1S/C11H16N2O5S/c1-11(2)6(10(17)18)13-8(16)4(9(13)19-11)5(14)7(15)12-3/h4-6,9,14H,1-3H3,(H,12,15)(H,17,18)/t4-,5+,6+,9-/m1/s1. The van der Waals surface area contributed by atoms with Gasteiger partial charge < -0.3 is 20.4 Å². The van der Waals surface area contributed by atoms with E-state index in [9.17, 15) is 24.6 Å². The van der Waals surface area contributed by atoms with Crippen molar-refractivity contribution < 1.29 is 24.6 Å². The minimum absolute atomic E-state index is 0.462. The molecular formula is C11H16N2O5S. The van der Waals surface area contributed by atoms with Gasteiger partial charge in [0.15, 0.2) is 0 Å². The minimum atomic E-state index is -1.44. The van der Waals surface area contributed by atoms with Crippen LogP contribution in [0.1, 0.15) is 13.8 Å². The Morgan fingerprint density at radius 3 is 2.53 bits per heavy atom. The van der Waals surface area contributed by atoms with Crippen LogP contribution in [0.25, 0.3) is 0 Å². The predicted molar refractivity (Wildman–Crippen MR) is 67.3 cm³/mol. The molecule has 0 aromatic carbocycles. The zero-order chi connectivity index (χ0) is 14.5. The highest BCUT2D eigenvalue weighted by molar-refractivity contribution is 8.01. The number of hydrogen-bond donors (Lipinski definition) is 3. The molecule has 0 radical (unpaired) electrons. The first-order valence-electron chi connectivity index (χ1n) is 5.85. The van der Waals surface area contributed by atoms with Gasteiger partial charge in [0.2, 0.25) is 11.8 Å². The molecule has 0 aliphatic carbocycles. The Morgan fingerprint density at radius 1 is 1.47 bits per heavy atom. The van der Waals surface area contributed by atoms with Crippen LogP contribution in [0, 0.1) is 5.92 Å². The molecule has 4 atom stereocenters. The third kappa shape index (κ3) is 1.90. The third-order valence-corrected chi connectivity index (χ3v) is 5.16. The van der Waals surface area contributed by atoms with Crippen LogP contribution in [0.15, 0.2) is 0 Å². The van der Waals surface area contributed by atoms with Crippen molar-refractivity contribution >= 4 is 29.5 Å². The topological polar surface area (TPSA) is 107 Å². The fourth-order valence-corrected chi connectivity index (χ4v) is 4.36. The van der Waals surface area contributed by atoms with E-state index in [0.29, 0.717) is 0 Å². The molecule has 2 amide bonds. The zero-order valence-electron chi connectivity index (χ0n) is 10.8. The van der Waals surface area contributed by atoms with E-state index in [2.05, 4.69) is 5.32 Å². The van der Waals surface area contributed by atoms with E-state index < -0.39 is 46.0 Å². The molecule has 2 heterocycles. The van der Waals surface area contributed by atoms with Crippen molar-refractivity contribution in [3.63, 3.8) is 0 Å². The number of thioether (sulfide) groups is 1. The van der Waals surface area contributed by atoms with Crippen molar-refractivity contribution in [2.75, 3.05) is 7.05 Å². The molecule has 7 nitrogen and oxygen atoms in total. The number of carboxylic acid groups (broad SMARTS) is 1. The normalized spacial score (nSPS) is 33.4. The highest BCUT2D eigenvalue weighted by atomic mass is 32.2. The first-order valence-corrected chi connectivity index (χ1v) is 6.73. The number of aliphatic carboxylic acids is 1. The lowest BCUT2D eigenvalue weighted by Crippen LogP contribution is -2.67. The van der Waals surface area contributed by atoms with Crippen molar-refractivity contribution in [1.29, 1.82) is 0 Å². The van der Waals surface area contributed by atoms with Crippen molar-refractivity contribution in [1.82, 2.24) is 10.2 Å². The Hall–Kier alpha value is -1.28. The van der Waals surface area contributed by atoms with Gasteiger partial charge in [0.1, 0.15) is 18.1 Å². The number of carboxylic acids is 1. The lowest BCUT2D eigenvalue weighted by molar-refractivity contribution is -0.171. The fourth-order valence-electron chi connectivity index (χ4n) is 2.64. The Kier molecular flexibility index (Phi) is 3.26. The van der Waals surface area contributed by atoms with E-state index in [1.807, 2.05) is 0 Å². The maximum absolute atomic E-state index is 12.0. The van der Waals surface area contributed by atoms with Gasteiger partial charge in [-0.05, 0) is 13.8 Å². The Labute approximate surface area is 114 Å². The summed E-state index contributed by atoms with van der Waals surface area (Å²) in [6.45, 7) is 3.48. The second-order valence-electron chi connectivity index (χ2n) is 5.18. The summed E-state index contributed by atoms with van der Waals surface area (Å²) in [5, 5.41) is 20.9. The number of likely N-dealkylation sites (N-methyl/N-ethyl adjacent to an activating group) is 1. The van der Waals surface area contributed by atoms with Crippen LogP contribution in [0.3, 0.4) is 0 Å². The molecule has 0 unspecified atom stereocenters. The second-order valence-corrected chi connectivity index (χ2v) is 6.95. The molecule has 0 aromatic rings. The summed E-state index contributed by atoms with van der Waals surface area (Å²) >= 11 is 1.31. The number of aliphatic hydroxyl groups is 1. The quantitative estimate of drug-likeness (QED) is 0.567. The SMILES string of the molecule is CNC(=O)[C@@H](O)[C@@H]1C(=O)N2[C@@H]1SC(C)(C)[C@@H]2C(=O)O. The van der Waals surface area contributed by atoms with Crippen molar-refractivity contribution in [2.24, 2.45) is 5.92 Å². The van der Waals surface area contributed by atoms with E-state index in [0.717, 1.165) is 0 Å². The lowest BCUT2D eigenvalue weighted by Gasteiger charge is -2.44. The van der Waals surface area contributed by atoms with Crippen molar-refractivity contribution in [3.05, 3.63) is 0 Å². The summed E-state index contributed by atoms with van der Waals surface area (Å²) in [7, 11) is 1.37. The first-order chi connectivity index (χ1) is 8.72. The van der Waals surface area contributed by atoms with Crippen LogP contribution in [0.2, 0.25) is 0 Å². The number of nitrogens with zero attached hydrogens (tertiary/aromatic N) is 1. The number of aliphatic hydroxyl groups excluding tert-OH is 1. The average molecular weight is 288 g/mol. The highest BCUT2D eigenvalue weighted by Crippen LogP contribution is 2.53. The smallest absolute Gasteiger partial charge is 0.327 e. The first kappa shape index (κ1) is 14.1. The minimum Gasteiger partial charge on any atom is -0.480 e. The maximum Gasteiger partial charge on any atom is 0.327 e. The van der Waals surface area contributed by atoms with E-state index >= 15 is 0 Å². The van der Waals surface area contributed by atoms with E-state index in [1.54, 1.807) is 13.8 Å². The van der Waals surface area contributed by atoms with Gasteiger partial charge in [-0.1, -0.05) is 0 Å². The molecular weight excluding hydrogens is 272 g/mol. The molecule has 2 aliphatic rings. The zero-order valence-corrected chi connectivity index (χ0v) is 11.6. The number of carbonyl (C=O) groups is 3. The maximum atomic E-state index is 12.0. The van der Waals surface area contributed by atoms with Gasteiger partial charge in [-0.2, -0.15) is 0 Å². The molecule has 8 heteroatoms. The number of hydrogen-bond acceptors (Lipinski definition) is 5. The molecule has 2 fully saturated rings. The molecule has 2 saturated heterocycles. The van der Waals surface area contributed by atoms with Gasteiger partial charge in [0.05, 0.1) is 5.37 Å². The number of carbonyl (C=O) groups excluding carboxylic acids is 2. The van der Waals surface area contributed by atoms with Crippen molar-refractivity contribution in [2.45, 2.75) is 36.1 Å². The van der Waals surface area contributed by atoms with Crippen LogP contribution < -0.4 is 5.32 Å². The number of β-lactam (4-membered cyclic amide) rings is 1. The van der Waals surface area contributed by atoms with Gasteiger partial charge in [-0.3, -0.25) is 9.59 Å². The molecule has 2 aliphatic heterocycles. The average Bonchev–Trinajstić information content (AvgIpc) is 2.56. The van der Waals surface area contributed by atoms with Crippen LogP contribution in [-0.2, 0) is 14.4 Å².